The van der Waals surface area contributed by atoms with Crippen molar-refractivity contribution in [2.24, 2.45) is 11.8 Å². The monoisotopic (exact) mass is 682 g/mol. The molecule has 0 aromatic rings. The minimum absolute atomic E-state index is 0.00205. The van der Waals surface area contributed by atoms with Crippen LogP contribution in [0.4, 0.5) is 0 Å². The second-order valence-corrected chi connectivity index (χ2v) is 18.0. The molecule has 4 aliphatic heterocycles. The molecule has 2 N–H and O–H groups in total. The molecule has 13 heteroatoms. The highest BCUT2D eigenvalue weighted by atomic mass is 32.2. The van der Waals surface area contributed by atoms with Gasteiger partial charge < -0.3 is 23.7 Å². The van der Waals surface area contributed by atoms with Gasteiger partial charge in [0.1, 0.15) is 20.7 Å². The molecule has 8 unspecified atom stereocenters. The van der Waals surface area contributed by atoms with Crippen molar-refractivity contribution in [2.75, 3.05) is 26.4 Å². The van der Waals surface area contributed by atoms with Gasteiger partial charge in [-0.05, 0) is 38.5 Å². The van der Waals surface area contributed by atoms with Crippen LogP contribution in [-0.2, 0) is 43.9 Å². The average molecular weight is 683 g/mol. The summed E-state index contributed by atoms with van der Waals surface area (Å²) in [6.07, 6.45) is 8.12. The van der Waals surface area contributed by atoms with Crippen molar-refractivity contribution < 1.29 is 49.6 Å². The minimum Gasteiger partial charge on any atom is -0.367 e. The van der Waals surface area contributed by atoms with Crippen molar-refractivity contribution >= 4 is 20.2 Å². The van der Waals surface area contributed by atoms with Crippen molar-refractivity contribution in [3.63, 3.8) is 0 Å². The van der Waals surface area contributed by atoms with E-state index in [9.17, 15) is 25.9 Å². The third kappa shape index (κ3) is 5.85. The first kappa shape index (κ1) is 37.4. The number of rotatable bonds is 20. The molecule has 0 aliphatic carbocycles. The van der Waals surface area contributed by atoms with E-state index in [1.54, 1.807) is 0 Å². The van der Waals surface area contributed by atoms with Gasteiger partial charge in [0.25, 0.3) is 20.2 Å². The van der Waals surface area contributed by atoms with Crippen LogP contribution in [0.1, 0.15) is 131 Å². The summed E-state index contributed by atoms with van der Waals surface area (Å²) in [5.74, 6) is -3.31. The normalized spacial score (nSPS) is 35.9. The zero-order valence-corrected chi connectivity index (χ0v) is 29.9. The highest BCUT2D eigenvalue weighted by Crippen LogP contribution is 2.64. The minimum atomic E-state index is -4.72. The summed E-state index contributed by atoms with van der Waals surface area (Å²) in [4.78, 5) is 0. The molecule has 4 rings (SSSR count). The van der Waals surface area contributed by atoms with Crippen molar-refractivity contribution in [1.29, 1.82) is 0 Å². The van der Waals surface area contributed by atoms with Crippen LogP contribution in [0, 0.1) is 11.8 Å². The van der Waals surface area contributed by atoms with Crippen molar-refractivity contribution in [3.8, 4) is 0 Å². The number of ether oxygens (including phenoxy) is 5. The summed E-state index contributed by atoms with van der Waals surface area (Å²) in [7, 11) is -9.43. The molecule has 8 atom stereocenters. The number of hydrogen-bond acceptors (Lipinski definition) is 9. The maximum Gasteiger partial charge on any atom is 0.273 e. The molecule has 4 fully saturated rings. The SMILES string of the molecule is CCCCC(CC)CC(C)(C1(C2(OC3(C4(C(C)(CC(CC)CCCC)S(=O)(=O)O)CCO4)CCO3)CCO2)CCO1)S(=O)(=O)O. The third-order valence-corrected chi connectivity index (χ3v) is 15.3. The van der Waals surface area contributed by atoms with E-state index in [1.807, 2.05) is 13.8 Å². The van der Waals surface area contributed by atoms with E-state index in [1.165, 1.54) is 13.8 Å². The molecule has 264 valence electrons. The maximum atomic E-state index is 13.4. The number of unbranched alkanes of at least 4 members (excludes halogenated alkanes) is 2. The molecule has 0 aromatic heterocycles. The van der Waals surface area contributed by atoms with E-state index in [0.717, 1.165) is 51.4 Å². The molecule has 4 saturated heterocycles. The molecule has 4 heterocycles. The lowest BCUT2D eigenvalue weighted by Crippen LogP contribution is -2.85. The van der Waals surface area contributed by atoms with Gasteiger partial charge in [-0.25, -0.2) is 0 Å². The lowest BCUT2D eigenvalue weighted by Gasteiger charge is -2.70. The van der Waals surface area contributed by atoms with Gasteiger partial charge in [0.05, 0.1) is 26.4 Å². The Morgan fingerprint density at radius 2 is 0.956 bits per heavy atom. The lowest BCUT2D eigenvalue weighted by molar-refractivity contribution is -0.522. The lowest BCUT2D eigenvalue weighted by atomic mass is 9.66. The van der Waals surface area contributed by atoms with Gasteiger partial charge in [0, 0.05) is 25.7 Å². The van der Waals surface area contributed by atoms with Gasteiger partial charge in [-0.3, -0.25) is 9.11 Å². The maximum absolute atomic E-state index is 13.4. The van der Waals surface area contributed by atoms with Crippen molar-refractivity contribution in [3.05, 3.63) is 0 Å². The molecule has 11 nitrogen and oxygen atoms in total. The predicted octanol–water partition coefficient (Wildman–Crippen LogP) is 6.06. The van der Waals surface area contributed by atoms with Crippen LogP contribution < -0.4 is 0 Å². The summed E-state index contributed by atoms with van der Waals surface area (Å²) >= 11 is 0. The molecule has 0 saturated carbocycles. The fourth-order valence-corrected chi connectivity index (χ4v) is 11.0. The van der Waals surface area contributed by atoms with E-state index in [2.05, 4.69) is 13.8 Å². The first-order chi connectivity index (χ1) is 21.0. The quantitative estimate of drug-likeness (QED) is 0.144. The van der Waals surface area contributed by atoms with Crippen LogP contribution in [0.25, 0.3) is 0 Å². The fraction of sp³-hybridized carbons (Fsp3) is 1.00. The Balaban J connectivity index is 1.80. The van der Waals surface area contributed by atoms with E-state index >= 15 is 0 Å². The predicted molar refractivity (Wildman–Crippen MR) is 170 cm³/mol. The summed E-state index contributed by atoms with van der Waals surface area (Å²) < 4.78 is 104. The van der Waals surface area contributed by atoms with Crippen LogP contribution >= 0.6 is 0 Å². The molecular weight excluding hydrogens is 624 g/mol. The van der Waals surface area contributed by atoms with Crippen molar-refractivity contribution in [2.45, 2.75) is 164 Å². The van der Waals surface area contributed by atoms with Gasteiger partial charge in [-0.2, -0.15) is 16.8 Å². The molecule has 0 bridgehead atoms. The summed E-state index contributed by atoms with van der Waals surface area (Å²) in [5, 5.41) is 0. The molecule has 0 aromatic carbocycles. The van der Waals surface area contributed by atoms with E-state index in [0.29, 0.717) is 0 Å². The Morgan fingerprint density at radius 1 is 0.644 bits per heavy atom. The Bertz CT molecular complexity index is 1130. The summed E-state index contributed by atoms with van der Waals surface area (Å²) in [6.45, 7) is 12.3. The molecule has 45 heavy (non-hydrogen) atoms. The second-order valence-electron chi connectivity index (χ2n) is 14.3. The van der Waals surface area contributed by atoms with E-state index in [4.69, 9.17) is 23.7 Å². The van der Waals surface area contributed by atoms with Crippen LogP contribution in [0.2, 0.25) is 0 Å². The van der Waals surface area contributed by atoms with Gasteiger partial charge in [-0.1, -0.05) is 79.1 Å². The first-order valence-electron chi connectivity index (χ1n) is 17.2. The van der Waals surface area contributed by atoms with Crippen LogP contribution in [0.5, 0.6) is 0 Å². The zero-order chi connectivity index (χ0) is 33.4. The Kier molecular flexibility index (Phi) is 11.2. The van der Waals surface area contributed by atoms with E-state index in [-0.39, 0.29) is 76.8 Å². The molecule has 4 aliphatic rings. The Morgan fingerprint density at radius 3 is 1.13 bits per heavy atom. The van der Waals surface area contributed by atoms with E-state index < -0.39 is 52.5 Å². The van der Waals surface area contributed by atoms with Crippen LogP contribution in [0.15, 0.2) is 0 Å². The fourth-order valence-electron chi connectivity index (χ4n) is 8.60. The standard InChI is InChI=1S/C32H58O11S2/c1-7-11-13-25(9-3)23-27(5,44(33,34)35)29(15-19-39-29)31(17-21-41-31)43-32(18-22-42-32)30(16-20-40-30)28(6,45(36,37)38)24-26(10-4)14-12-8-2/h25-26H,7-24H2,1-6H3,(H,33,34,35)(H,36,37,38). The largest absolute Gasteiger partial charge is 0.367 e. The van der Waals surface area contributed by atoms with Crippen molar-refractivity contribution in [1.82, 2.24) is 0 Å². The highest BCUT2D eigenvalue weighted by Gasteiger charge is 2.80. The smallest absolute Gasteiger partial charge is 0.273 e. The highest BCUT2D eigenvalue weighted by molar-refractivity contribution is 7.87. The third-order valence-electron chi connectivity index (χ3n) is 12.0. The molecule has 0 amide bonds. The summed E-state index contributed by atoms with van der Waals surface area (Å²) in [6, 6.07) is 0. The Hall–Kier alpha value is -0.380. The van der Waals surface area contributed by atoms with Gasteiger partial charge in [0.2, 0.25) is 11.6 Å². The molecule has 0 spiro atoms. The van der Waals surface area contributed by atoms with Gasteiger partial charge in [0.15, 0.2) is 0 Å². The Labute approximate surface area is 271 Å². The second kappa shape index (κ2) is 13.5. The topological polar surface area (TPSA) is 155 Å². The number of hydrogen-bond donors (Lipinski definition) is 2. The van der Waals surface area contributed by atoms with Gasteiger partial charge in [-0.15, -0.1) is 0 Å². The molecule has 0 radical (unpaired) electrons. The van der Waals surface area contributed by atoms with Crippen LogP contribution in [-0.4, -0.2) is 84.6 Å². The van der Waals surface area contributed by atoms with Gasteiger partial charge >= 0.3 is 0 Å². The average Bonchev–Trinajstić information content (AvgIpc) is 2.87. The first-order valence-corrected chi connectivity index (χ1v) is 20.1. The van der Waals surface area contributed by atoms with Crippen LogP contribution in [0.3, 0.4) is 0 Å². The summed E-state index contributed by atoms with van der Waals surface area (Å²) in [5.41, 5.74) is -3.16. The zero-order valence-electron chi connectivity index (χ0n) is 28.3. The molecular formula is C32H58O11S2.